The number of amides is 1. The monoisotopic (exact) mass is 357 g/mol. The van der Waals surface area contributed by atoms with Crippen LogP contribution in [0.1, 0.15) is 23.1 Å². The Morgan fingerprint density at radius 2 is 1.85 bits per heavy atom. The lowest BCUT2D eigenvalue weighted by molar-refractivity contribution is -0.147. The van der Waals surface area contributed by atoms with Gasteiger partial charge in [-0.25, -0.2) is 0 Å². The molecule has 0 spiro atoms. The number of aryl methyl sites for hydroxylation is 3. The lowest BCUT2D eigenvalue weighted by Crippen LogP contribution is -2.21. The molecule has 0 saturated heterocycles. The van der Waals surface area contributed by atoms with Gasteiger partial charge < -0.3 is 19.9 Å². The summed E-state index contributed by atoms with van der Waals surface area (Å²) in [5.41, 5.74) is 3.66. The molecular formula is C20H23NO5. The van der Waals surface area contributed by atoms with Crippen LogP contribution >= 0.6 is 0 Å². The molecule has 0 saturated carbocycles. The van der Waals surface area contributed by atoms with Crippen molar-refractivity contribution in [2.45, 2.75) is 26.7 Å². The van der Waals surface area contributed by atoms with Crippen LogP contribution in [-0.4, -0.2) is 30.7 Å². The summed E-state index contributed by atoms with van der Waals surface area (Å²) in [7, 11) is 1.47. The van der Waals surface area contributed by atoms with Crippen molar-refractivity contribution in [3.8, 4) is 11.5 Å². The molecule has 0 aliphatic heterocycles. The number of methoxy groups -OCH3 is 1. The number of carbonyl (C=O) groups is 2. The van der Waals surface area contributed by atoms with E-state index in [2.05, 4.69) is 5.32 Å². The van der Waals surface area contributed by atoms with Crippen LogP contribution < -0.4 is 10.1 Å². The molecule has 2 aromatic carbocycles. The molecule has 2 aromatic rings. The molecule has 0 fully saturated rings. The van der Waals surface area contributed by atoms with E-state index in [1.165, 1.54) is 7.11 Å². The maximum absolute atomic E-state index is 11.9. The second kappa shape index (κ2) is 8.89. The van der Waals surface area contributed by atoms with Crippen molar-refractivity contribution in [1.29, 1.82) is 0 Å². The van der Waals surface area contributed by atoms with E-state index in [-0.39, 0.29) is 24.7 Å². The molecule has 0 radical (unpaired) electrons. The van der Waals surface area contributed by atoms with Gasteiger partial charge in [-0.2, -0.15) is 0 Å². The number of hydrogen-bond donors (Lipinski definition) is 2. The van der Waals surface area contributed by atoms with Gasteiger partial charge in [-0.3, -0.25) is 9.59 Å². The minimum absolute atomic E-state index is 0.0196. The van der Waals surface area contributed by atoms with Crippen LogP contribution in [0.15, 0.2) is 36.4 Å². The van der Waals surface area contributed by atoms with E-state index in [0.29, 0.717) is 17.9 Å². The number of esters is 1. The van der Waals surface area contributed by atoms with Crippen LogP contribution in [0.4, 0.5) is 5.69 Å². The van der Waals surface area contributed by atoms with Gasteiger partial charge >= 0.3 is 5.97 Å². The molecule has 26 heavy (non-hydrogen) atoms. The van der Waals surface area contributed by atoms with Gasteiger partial charge in [0.25, 0.3) is 5.91 Å². The first-order valence-corrected chi connectivity index (χ1v) is 8.27. The molecule has 0 bridgehead atoms. The van der Waals surface area contributed by atoms with Gasteiger partial charge in [0, 0.05) is 12.1 Å². The fourth-order valence-electron chi connectivity index (χ4n) is 2.37. The number of ether oxygens (including phenoxy) is 2. The normalized spacial score (nSPS) is 10.3. The van der Waals surface area contributed by atoms with E-state index in [9.17, 15) is 14.7 Å². The third kappa shape index (κ3) is 5.51. The van der Waals surface area contributed by atoms with Crippen molar-refractivity contribution >= 4 is 17.6 Å². The van der Waals surface area contributed by atoms with Crippen LogP contribution in [0.2, 0.25) is 0 Å². The Bertz CT molecular complexity index is 801. The maximum atomic E-state index is 11.9. The van der Waals surface area contributed by atoms with E-state index in [0.717, 1.165) is 16.7 Å². The number of benzene rings is 2. The van der Waals surface area contributed by atoms with Crippen LogP contribution in [0.25, 0.3) is 0 Å². The lowest BCUT2D eigenvalue weighted by Gasteiger charge is -2.09. The van der Waals surface area contributed by atoms with Gasteiger partial charge in [0.15, 0.2) is 18.1 Å². The lowest BCUT2D eigenvalue weighted by atomic mass is 10.1. The Balaban J connectivity index is 1.76. The summed E-state index contributed by atoms with van der Waals surface area (Å²) in [5, 5.41) is 12.4. The average Bonchev–Trinajstić information content (AvgIpc) is 2.61. The predicted octanol–water partition coefficient (Wildman–Crippen LogP) is 3.13. The summed E-state index contributed by atoms with van der Waals surface area (Å²) < 4.78 is 9.96. The Morgan fingerprint density at radius 3 is 2.50 bits per heavy atom. The molecule has 0 aliphatic rings. The van der Waals surface area contributed by atoms with Crippen LogP contribution in [-0.2, 0) is 20.7 Å². The number of phenols is 1. The molecule has 2 rings (SSSR count). The molecule has 0 heterocycles. The molecule has 0 aliphatic carbocycles. The summed E-state index contributed by atoms with van der Waals surface area (Å²) in [6, 6.07) is 10.5. The molecule has 0 atom stereocenters. The largest absolute Gasteiger partial charge is 0.504 e. The fraction of sp³-hybridized carbons (Fsp3) is 0.300. The van der Waals surface area contributed by atoms with Gasteiger partial charge in [0.05, 0.1) is 7.11 Å². The molecule has 0 unspecified atom stereocenters. The van der Waals surface area contributed by atoms with Gasteiger partial charge in [-0.1, -0.05) is 12.1 Å². The molecule has 6 nitrogen and oxygen atoms in total. The van der Waals surface area contributed by atoms with Crippen LogP contribution in [0, 0.1) is 13.8 Å². The summed E-state index contributed by atoms with van der Waals surface area (Å²) in [5.74, 6) is -0.468. The summed E-state index contributed by atoms with van der Waals surface area (Å²) in [4.78, 5) is 23.7. The fourth-order valence-corrected chi connectivity index (χ4v) is 2.37. The van der Waals surface area contributed by atoms with Crippen molar-refractivity contribution in [2.24, 2.45) is 0 Å². The van der Waals surface area contributed by atoms with Gasteiger partial charge in [-0.15, -0.1) is 0 Å². The van der Waals surface area contributed by atoms with Crippen molar-refractivity contribution < 1.29 is 24.2 Å². The van der Waals surface area contributed by atoms with Gasteiger partial charge in [0.1, 0.15) is 0 Å². The topological polar surface area (TPSA) is 84.9 Å². The smallest absolute Gasteiger partial charge is 0.306 e. The van der Waals surface area contributed by atoms with Crippen LogP contribution in [0.5, 0.6) is 11.5 Å². The number of anilines is 1. The minimum Gasteiger partial charge on any atom is -0.504 e. The number of hydrogen-bond acceptors (Lipinski definition) is 5. The highest BCUT2D eigenvalue weighted by molar-refractivity contribution is 5.92. The quantitative estimate of drug-likeness (QED) is 0.744. The van der Waals surface area contributed by atoms with E-state index < -0.39 is 5.97 Å². The Kier molecular flexibility index (Phi) is 6.60. The summed E-state index contributed by atoms with van der Waals surface area (Å²) >= 11 is 0. The standard InChI is InChI=1S/C20H23NO5/c1-13-4-7-16(10-14(13)2)21-19(23)12-26-20(24)9-6-15-5-8-18(25-3)17(22)11-15/h4-5,7-8,10-11,22H,6,9,12H2,1-3H3,(H,21,23). The summed E-state index contributed by atoms with van der Waals surface area (Å²) in [6.07, 6.45) is 0.512. The first kappa shape index (κ1) is 19.3. The molecule has 2 N–H and O–H groups in total. The average molecular weight is 357 g/mol. The van der Waals surface area contributed by atoms with E-state index in [4.69, 9.17) is 9.47 Å². The highest BCUT2D eigenvalue weighted by Crippen LogP contribution is 2.26. The maximum Gasteiger partial charge on any atom is 0.306 e. The zero-order valence-electron chi connectivity index (χ0n) is 15.2. The molecule has 138 valence electrons. The van der Waals surface area contributed by atoms with Gasteiger partial charge in [0.2, 0.25) is 0 Å². The molecule has 1 amide bonds. The number of carbonyl (C=O) groups excluding carboxylic acids is 2. The molecular weight excluding hydrogens is 334 g/mol. The van der Waals surface area contributed by atoms with E-state index >= 15 is 0 Å². The zero-order valence-corrected chi connectivity index (χ0v) is 15.2. The Labute approximate surface area is 152 Å². The molecule has 0 aromatic heterocycles. The van der Waals surface area contributed by atoms with E-state index in [1.54, 1.807) is 24.3 Å². The number of aromatic hydroxyl groups is 1. The molecule has 6 heteroatoms. The van der Waals surface area contributed by atoms with Crippen molar-refractivity contribution in [2.75, 3.05) is 19.0 Å². The van der Waals surface area contributed by atoms with Crippen molar-refractivity contribution in [3.05, 3.63) is 53.1 Å². The van der Waals surface area contributed by atoms with E-state index in [1.807, 2.05) is 26.0 Å². The first-order valence-electron chi connectivity index (χ1n) is 8.27. The number of phenolic OH excluding ortho intramolecular Hbond substituents is 1. The highest BCUT2D eigenvalue weighted by Gasteiger charge is 2.10. The third-order valence-corrected chi connectivity index (χ3v) is 4.02. The van der Waals surface area contributed by atoms with Crippen molar-refractivity contribution in [1.82, 2.24) is 0 Å². The second-order valence-corrected chi connectivity index (χ2v) is 6.01. The van der Waals surface area contributed by atoms with Gasteiger partial charge in [-0.05, 0) is 61.2 Å². The SMILES string of the molecule is COc1ccc(CCC(=O)OCC(=O)Nc2ccc(C)c(C)c2)cc1O. The highest BCUT2D eigenvalue weighted by atomic mass is 16.5. The summed E-state index contributed by atoms with van der Waals surface area (Å²) in [6.45, 7) is 3.62. The Morgan fingerprint density at radius 1 is 1.08 bits per heavy atom. The zero-order chi connectivity index (χ0) is 19.1. The third-order valence-electron chi connectivity index (χ3n) is 4.02. The second-order valence-electron chi connectivity index (χ2n) is 6.01. The number of nitrogens with one attached hydrogen (secondary N) is 1. The first-order chi connectivity index (χ1) is 12.4. The van der Waals surface area contributed by atoms with Crippen LogP contribution in [0.3, 0.4) is 0 Å². The minimum atomic E-state index is -0.476. The predicted molar refractivity (Wildman–Crippen MR) is 98.5 cm³/mol. The number of rotatable bonds is 7. The Hall–Kier alpha value is -3.02. The van der Waals surface area contributed by atoms with Crippen molar-refractivity contribution in [3.63, 3.8) is 0 Å².